The van der Waals surface area contributed by atoms with Crippen molar-refractivity contribution in [1.29, 1.82) is 0 Å². The number of hydrogen-bond donors (Lipinski definition) is 5. The molecule has 2 aliphatic heterocycles. The maximum absolute atomic E-state index is 11.1. The lowest BCUT2D eigenvalue weighted by Crippen LogP contribution is -2.61. The lowest BCUT2D eigenvalue weighted by molar-refractivity contribution is -0.175. The Morgan fingerprint density at radius 1 is 1.31 bits per heavy atom. The van der Waals surface area contributed by atoms with Crippen molar-refractivity contribution in [2.45, 2.75) is 36.6 Å². The highest BCUT2D eigenvalue weighted by atomic mass is 16.6. The predicted molar refractivity (Wildman–Crippen MR) is 111 cm³/mol. The Labute approximate surface area is 182 Å². The zero-order valence-corrected chi connectivity index (χ0v) is 17.3. The minimum Gasteiger partial charge on any atom is -0.497 e. The molecule has 1 aromatic carbocycles. The number of anilines is 1. The monoisotopic (exact) mass is 444 g/mol. The van der Waals surface area contributed by atoms with Crippen molar-refractivity contribution in [2.75, 3.05) is 26.1 Å². The van der Waals surface area contributed by atoms with Crippen molar-refractivity contribution < 1.29 is 29.5 Å². The van der Waals surface area contributed by atoms with Gasteiger partial charge in [-0.3, -0.25) is 9.88 Å². The molecule has 0 amide bonds. The zero-order chi connectivity index (χ0) is 22.5. The summed E-state index contributed by atoms with van der Waals surface area (Å²) in [4.78, 5) is 12.4. The average Bonchev–Trinajstić information content (AvgIpc) is 3.35. The molecular weight excluding hydrogens is 420 g/mol. The Bertz CT molecular complexity index is 1140. The van der Waals surface area contributed by atoms with Gasteiger partial charge in [0.25, 0.3) is 0 Å². The number of rotatable bonds is 5. The SMILES string of the molecule is COc1ccc2c(c1)CC(N[C@@]1(n3cnc4c(N)ncnc43)O[C@H](CO)[C@@H](O)[C@H]1O)CO2. The van der Waals surface area contributed by atoms with Crippen molar-refractivity contribution >= 4 is 17.0 Å². The number of aliphatic hydroxyl groups excluding tert-OH is 3. The van der Waals surface area contributed by atoms with Crippen LogP contribution in [0.25, 0.3) is 11.2 Å². The van der Waals surface area contributed by atoms with E-state index in [2.05, 4.69) is 20.3 Å². The van der Waals surface area contributed by atoms with Crippen LogP contribution in [0.4, 0.5) is 5.82 Å². The fourth-order valence-electron chi connectivity index (χ4n) is 4.32. The smallest absolute Gasteiger partial charge is 0.234 e. The number of imidazole rings is 1. The van der Waals surface area contributed by atoms with E-state index in [4.69, 9.17) is 19.9 Å². The summed E-state index contributed by atoms with van der Waals surface area (Å²) in [5.41, 5.74) is 7.45. The third-order valence-corrected chi connectivity index (χ3v) is 5.92. The summed E-state index contributed by atoms with van der Waals surface area (Å²) in [7, 11) is 1.59. The number of aromatic nitrogens is 4. The summed E-state index contributed by atoms with van der Waals surface area (Å²) in [6.45, 7) is -0.215. The van der Waals surface area contributed by atoms with Crippen molar-refractivity contribution in [1.82, 2.24) is 24.8 Å². The third kappa shape index (κ3) is 3.15. The molecule has 2 aliphatic rings. The number of fused-ring (bicyclic) bond motifs is 2. The number of aliphatic hydroxyl groups is 3. The van der Waals surface area contributed by atoms with Gasteiger partial charge in [-0.05, 0) is 30.2 Å². The largest absolute Gasteiger partial charge is 0.497 e. The van der Waals surface area contributed by atoms with Crippen LogP contribution >= 0.6 is 0 Å². The molecule has 1 fully saturated rings. The molecule has 1 saturated heterocycles. The molecule has 0 aliphatic carbocycles. The quantitative estimate of drug-likeness (QED) is 0.318. The highest BCUT2D eigenvalue weighted by molar-refractivity contribution is 5.81. The molecule has 2 aromatic heterocycles. The maximum atomic E-state index is 11.1. The van der Waals surface area contributed by atoms with Crippen LogP contribution in [0.2, 0.25) is 0 Å². The molecule has 3 aromatic rings. The van der Waals surface area contributed by atoms with Gasteiger partial charge in [-0.1, -0.05) is 0 Å². The molecule has 0 radical (unpaired) electrons. The van der Waals surface area contributed by atoms with Crippen LogP contribution in [-0.2, 0) is 17.0 Å². The molecule has 0 spiro atoms. The zero-order valence-electron chi connectivity index (χ0n) is 17.3. The van der Waals surface area contributed by atoms with Gasteiger partial charge in [-0.25, -0.2) is 15.0 Å². The van der Waals surface area contributed by atoms with Gasteiger partial charge < -0.3 is 35.3 Å². The normalized spacial score (nSPS) is 29.6. The molecule has 4 heterocycles. The van der Waals surface area contributed by atoms with E-state index in [9.17, 15) is 15.3 Å². The molecule has 170 valence electrons. The molecule has 6 N–H and O–H groups in total. The Balaban J connectivity index is 1.55. The molecule has 5 rings (SSSR count). The topological polar surface area (TPSA) is 170 Å². The lowest BCUT2D eigenvalue weighted by Gasteiger charge is -2.39. The first-order valence-electron chi connectivity index (χ1n) is 10.1. The minimum absolute atomic E-state index is 0.165. The minimum atomic E-state index is -1.69. The van der Waals surface area contributed by atoms with E-state index in [1.54, 1.807) is 7.11 Å². The van der Waals surface area contributed by atoms with E-state index in [0.29, 0.717) is 23.3 Å². The van der Waals surface area contributed by atoms with E-state index < -0.39 is 30.8 Å². The first kappa shape index (κ1) is 20.8. The van der Waals surface area contributed by atoms with Crippen LogP contribution in [0.1, 0.15) is 5.56 Å². The Morgan fingerprint density at radius 3 is 2.91 bits per heavy atom. The molecule has 1 unspecified atom stereocenters. The number of benzene rings is 1. The van der Waals surface area contributed by atoms with Gasteiger partial charge in [0, 0.05) is 6.04 Å². The second-order valence-corrected chi connectivity index (χ2v) is 7.85. The number of nitrogens with one attached hydrogen (secondary N) is 1. The van der Waals surface area contributed by atoms with Crippen molar-refractivity contribution in [3.8, 4) is 11.5 Å². The number of nitrogens with two attached hydrogens (primary N) is 1. The van der Waals surface area contributed by atoms with Gasteiger partial charge in [0.05, 0.1) is 13.7 Å². The number of nitrogen functional groups attached to an aromatic ring is 1. The van der Waals surface area contributed by atoms with E-state index in [-0.39, 0.29) is 18.5 Å². The van der Waals surface area contributed by atoms with Crippen LogP contribution < -0.4 is 20.5 Å². The van der Waals surface area contributed by atoms with Gasteiger partial charge in [0.1, 0.15) is 54.6 Å². The fraction of sp³-hybridized carbons (Fsp3) is 0.450. The first-order valence-corrected chi connectivity index (χ1v) is 10.1. The molecule has 12 nitrogen and oxygen atoms in total. The second-order valence-electron chi connectivity index (χ2n) is 7.85. The molecule has 0 bridgehead atoms. The Kier molecular flexibility index (Phi) is 5.10. The van der Waals surface area contributed by atoms with Crippen molar-refractivity contribution in [3.05, 3.63) is 36.4 Å². The lowest BCUT2D eigenvalue weighted by atomic mass is 10.0. The highest BCUT2D eigenvalue weighted by Crippen LogP contribution is 2.37. The standard InChI is InChI=1S/C20H24N6O6/c1-30-12-2-3-13-10(5-12)4-11(7-31-13)25-20(17(29)16(28)14(6-27)32-20)26-9-24-15-18(21)22-8-23-19(15)26/h2-3,5,8-9,11,14,16-17,25,27-29H,4,6-7H2,1H3,(H2,21,22,23)/t11?,14-,16-,17-,20+/m1/s1. The van der Waals surface area contributed by atoms with Gasteiger partial charge >= 0.3 is 0 Å². The average molecular weight is 444 g/mol. The molecular formula is C20H24N6O6. The fourth-order valence-corrected chi connectivity index (χ4v) is 4.32. The van der Waals surface area contributed by atoms with Crippen LogP contribution in [0.3, 0.4) is 0 Å². The predicted octanol–water partition coefficient (Wildman–Crippen LogP) is -1.27. The van der Waals surface area contributed by atoms with Gasteiger partial charge in [-0.15, -0.1) is 0 Å². The van der Waals surface area contributed by atoms with Gasteiger partial charge in [-0.2, -0.15) is 0 Å². The summed E-state index contributed by atoms with van der Waals surface area (Å²) >= 11 is 0. The maximum Gasteiger partial charge on any atom is 0.234 e. The van der Waals surface area contributed by atoms with E-state index in [1.165, 1.54) is 17.2 Å². The number of nitrogens with zero attached hydrogens (tertiary/aromatic N) is 4. The number of ether oxygens (including phenoxy) is 3. The van der Waals surface area contributed by atoms with Gasteiger partial charge in [0.2, 0.25) is 5.85 Å². The van der Waals surface area contributed by atoms with E-state index in [1.807, 2.05) is 18.2 Å². The summed E-state index contributed by atoms with van der Waals surface area (Å²) in [5, 5.41) is 34.6. The third-order valence-electron chi connectivity index (χ3n) is 5.92. The first-order chi connectivity index (χ1) is 15.5. The summed E-state index contributed by atoms with van der Waals surface area (Å²) in [6.07, 6.45) is -0.642. The van der Waals surface area contributed by atoms with E-state index in [0.717, 1.165) is 11.3 Å². The summed E-state index contributed by atoms with van der Waals surface area (Å²) < 4.78 is 18.7. The molecule has 5 atom stereocenters. The number of methoxy groups -OCH3 is 1. The molecule has 0 saturated carbocycles. The highest BCUT2D eigenvalue weighted by Gasteiger charge is 2.57. The summed E-state index contributed by atoms with van der Waals surface area (Å²) in [5.74, 6) is -0.0824. The van der Waals surface area contributed by atoms with Crippen molar-refractivity contribution in [3.63, 3.8) is 0 Å². The Morgan fingerprint density at radius 2 is 2.16 bits per heavy atom. The molecule has 12 heteroatoms. The van der Waals surface area contributed by atoms with Gasteiger partial charge in [0.15, 0.2) is 11.5 Å². The number of hydrogen-bond acceptors (Lipinski definition) is 11. The molecule has 32 heavy (non-hydrogen) atoms. The summed E-state index contributed by atoms with van der Waals surface area (Å²) in [6, 6.07) is 5.22. The van der Waals surface area contributed by atoms with Crippen LogP contribution in [0.15, 0.2) is 30.9 Å². The second kappa shape index (κ2) is 7.83. The van der Waals surface area contributed by atoms with Crippen molar-refractivity contribution in [2.24, 2.45) is 0 Å². The van der Waals surface area contributed by atoms with Crippen LogP contribution in [-0.4, -0.2) is 79.5 Å². The van der Waals surface area contributed by atoms with Crippen LogP contribution in [0.5, 0.6) is 11.5 Å². The van der Waals surface area contributed by atoms with E-state index >= 15 is 0 Å². The van der Waals surface area contributed by atoms with Crippen LogP contribution in [0, 0.1) is 0 Å². The Hall–Kier alpha value is -3.03.